The second-order valence-electron chi connectivity index (χ2n) is 6.53. The average molecular weight is 413 g/mol. The maximum Gasteiger partial charge on any atom is 0.227 e. The van der Waals surface area contributed by atoms with Crippen LogP contribution in [0.25, 0.3) is 21.6 Å². The third-order valence-corrected chi connectivity index (χ3v) is 6.63. The minimum absolute atomic E-state index is 0.0810. The lowest BCUT2D eigenvalue weighted by Crippen LogP contribution is -2.35. The van der Waals surface area contributed by atoms with Gasteiger partial charge in [0.25, 0.3) is 0 Å². The number of hydrogen-bond donors (Lipinski definition) is 1. The standard InChI is InChI=1S/C18H16N6O2S2/c19-16-15-11-3-5-24(7-12(11)28-18(15)21-9-20-16)14(25)2-1-13-22-17(23-26-13)10-4-6-27-8-10/h4,6,8-9H,1-3,5,7H2,(H2,19,20,21). The van der Waals surface area contributed by atoms with E-state index >= 15 is 0 Å². The van der Waals surface area contributed by atoms with Crippen molar-refractivity contribution in [3.05, 3.63) is 39.5 Å². The molecular weight excluding hydrogens is 396 g/mol. The molecule has 5 heterocycles. The average Bonchev–Trinajstić information content (AvgIpc) is 3.44. The summed E-state index contributed by atoms with van der Waals surface area (Å²) in [6, 6.07) is 1.94. The number of carbonyl (C=O) groups is 1. The molecule has 0 saturated carbocycles. The van der Waals surface area contributed by atoms with Crippen LogP contribution in [0.5, 0.6) is 0 Å². The number of thiophene rings is 2. The molecule has 0 saturated heterocycles. The van der Waals surface area contributed by atoms with Crippen LogP contribution in [0.15, 0.2) is 27.7 Å². The Labute approximate surface area is 168 Å². The Morgan fingerprint density at radius 3 is 3.14 bits per heavy atom. The van der Waals surface area contributed by atoms with E-state index in [0.717, 1.165) is 27.1 Å². The third-order valence-electron chi connectivity index (χ3n) is 4.82. The number of amides is 1. The highest BCUT2D eigenvalue weighted by Gasteiger charge is 2.26. The fraction of sp³-hybridized carbons (Fsp3) is 0.278. The number of nitrogens with zero attached hydrogens (tertiary/aromatic N) is 5. The monoisotopic (exact) mass is 412 g/mol. The number of aromatic nitrogens is 4. The molecule has 0 fully saturated rings. The number of hydrogen-bond acceptors (Lipinski definition) is 9. The molecule has 10 heteroatoms. The summed E-state index contributed by atoms with van der Waals surface area (Å²) in [5.74, 6) is 1.64. The normalized spacial score (nSPS) is 13.8. The Morgan fingerprint density at radius 2 is 2.29 bits per heavy atom. The van der Waals surface area contributed by atoms with Gasteiger partial charge >= 0.3 is 0 Å². The van der Waals surface area contributed by atoms with Gasteiger partial charge in [0.1, 0.15) is 17.0 Å². The van der Waals surface area contributed by atoms with Gasteiger partial charge in [0.2, 0.25) is 17.6 Å². The molecule has 5 rings (SSSR count). The number of nitrogens with two attached hydrogens (primary N) is 1. The van der Waals surface area contributed by atoms with Crippen LogP contribution in [0.2, 0.25) is 0 Å². The van der Waals surface area contributed by atoms with Crippen LogP contribution in [0.4, 0.5) is 5.82 Å². The van der Waals surface area contributed by atoms with Crippen molar-refractivity contribution in [1.82, 2.24) is 25.0 Å². The first-order valence-electron chi connectivity index (χ1n) is 8.82. The largest absolute Gasteiger partial charge is 0.383 e. The molecule has 0 atom stereocenters. The van der Waals surface area contributed by atoms with Crippen LogP contribution < -0.4 is 5.73 Å². The second-order valence-corrected chi connectivity index (χ2v) is 8.40. The SMILES string of the molecule is Nc1ncnc2sc3c(c12)CCN(C(=O)CCc1nc(-c2ccsc2)no1)C3. The van der Waals surface area contributed by atoms with Gasteiger partial charge in [-0.2, -0.15) is 16.3 Å². The number of anilines is 1. The Hall–Kier alpha value is -2.85. The van der Waals surface area contributed by atoms with Gasteiger partial charge in [-0.05, 0) is 23.4 Å². The summed E-state index contributed by atoms with van der Waals surface area (Å²) in [5, 5.41) is 8.86. The molecule has 0 radical (unpaired) electrons. The van der Waals surface area contributed by atoms with Gasteiger partial charge in [-0.15, -0.1) is 11.3 Å². The first-order chi connectivity index (χ1) is 13.7. The van der Waals surface area contributed by atoms with Crippen LogP contribution in [0.3, 0.4) is 0 Å². The third kappa shape index (κ3) is 3.04. The number of rotatable bonds is 4. The topological polar surface area (TPSA) is 111 Å². The van der Waals surface area contributed by atoms with E-state index < -0.39 is 0 Å². The summed E-state index contributed by atoms with van der Waals surface area (Å²) in [4.78, 5) is 29.4. The molecule has 0 aromatic carbocycles. The minimum Gasteiger partial charge on any atom is -0.383 e. The van der Waals surface area contributed by atoms with E-state index in [4.69, 9.17) is 10.3 Å². The molecule has 0 unspecified atom stereocenters. The van der Waals surface area contributed by atoms with Gasteiger partial charge in [0.15, 0.2) is 0 Å². The summed E-state index contributed by atoms with van der Waals surface area (Å²) < 4.78 is 5.28. The van der Waals surface area contributed by atoms with Crippen LogP contribution in [0, 0.1) is 0 Å². The first kappa shape index (κ1) is 17.3. The van der Waals surface area contributed by atoms with Crippen LogP contribution in [0.1, 0.15) is 22.8 Å². The smallest absolute Gasteiger partial charge is 0.227 e. The van der Waals surface area contributed by atoms with Gasteiger partial charge in [0, 0.05) is 35.2 Å². The van der Waals surface area contributed by atoms with Crippen molar-refractivity contribution in [3.63, 3.8) is 0 Å². The molecule has 0 aliphatic carbocycles. The highest BCUT2D eigenvalue weighted by molar-refractivity contribution is 7.19. The maximum atomic E-state index is 12.7. The minimum atomic E-state index is 0.0810. The van der Waals surface area contributed by atoms with Crippen molar-refractivity contribution in [2.75, 3.05) is 12.3 Å². The molecule has 1 aliphatic heterocycles. The lowest BCUT2D eigenvalue weighted by atomic mass is 10.0. The van der Waals surface area contributed by atoms with Crippen LogP contribution in [-0.4, -0.2) is 37.5 Å². The van der Waals surface area contributed by atoms with Crippen molar-refractivity contribution in [2.45, 2.75) is 25.8 Å². The molecule has 8 nitrogen and oxygen atoms in total. The molecule has 142 valence electrons. The van der Waals surface area contributed by atoms with Crippen molar-refractivity contribution in [3.8, 4) is 11.4 Å². The molecule has 1 amide bonds. The molecule has 0 bridgehead atoms. The number of fused-ring (bicyclic) bond motifs is 3. The lowest BCUT2D eigenvalue weighted by molar-refractivity contribution is -0.132. The van der Waals surface area contributed by atoms with E-state index in [1.165, 1.54) is 11.9 Å². The zero-order chi connectivity index (χ0) is 19.1. The number of nitrogen functional groups attached to an aromatic ring is 1. The summed E-state index contributed by atoms with van der Waals surface area (Å²) in [7, 11) is 0. The Morgan fingerprint density at radius 1 is 1.36 bits per heavy atom. The van der Waals surface area contributed by atoms with E-state index in [1.807, 2.05) is 21.7 Å². The van der Waals surface area contributed by atoms with Gasteiger partial charge in [0.05, 0.1) is 11.9 Å². The van der Waals surface area contributed by atoms with Crippen LogP contribution >= 0.6 is 22.7 Å². The van der Waals surface area contributed by atoms with Crippen molar-refractivity contribution < 1.29 is 9.32 Å². The molecule has 1 aliphatic rings. The zero-order valence-corrected chi connectivity index (χ0v) is 16.4. The van der Waals surface area contributed by atoms with E-state index in [9.17, 15) is 4.79 Å². The molecule has 0 spiro atoms. The summed E-state index contributed by atoms with van der Waals surface area (Å²) in [5.41, 5.74) is 8.13. The predicted octanol–water partition coefficient (Wildman–Crippen LogP) is 2.90. The Bertz CT molecular complexity index is 1150. The molecule has 4 aromatic heterocycles. The summed E-state index contributed by atoms with van der Waals surface area (Å²) in [6.45, 7) is 1.24. The number of aryl methyl sites for hydroxylation is 1. The zero-order valence-electron chi connectivity index (χ0n) is 14.8. The van der Waals surface area contributed by atoms with Crippen molar-refractivity contribution in [2.24, 2.45) is 0 Å². The highest BCUT2D eigenvalue weighted by atomic mass is 32.1. The number of carbonyl (C=O) groups excluding carboxylic acids is 1. The fourth-order valence-electron chi connectivity index (χ4n) is 3.40. The van der Waals surface area contributed by atoms with E-state index in [-0.39, 0.29) is 5.91 Å². The quantitative estimate of drug-likeness (QED) is 0.548. The van der Waals surface area contributed by atoms with Gasteiger partial charge < -0.3 is 15.2 Å². The summed E-state index contributed by atoms with van der Waals surface area (Å²) in [6.07, 6.45) is 3.02. The predicted molar refractivity (Wildman–Crippen MR) is 107 cm³/mol. The van der Waals surface area contributed by atoms with E-state index in [2.05, 4.69) is 20.1 Å². The highest BCUT2D eigenvalue weighted by Crippen LogP contribution is 2.36. The summed E-state index contributed by atoms with van der Waals surface area (Å²) >= 11 is 3.17. The first-order valence-corrected chi connectivity index (χ1v) is 10.6. The molecule has 4 aromatic rings. The Kier molecular flexibility index (Phi) is 4.29. The van der Waals surface area contributed by atoms with E-state index in [1.54, 1.807) is 22.7 Å². The maximum absolute atomic E-state index is 12.7. The molecule has 28 heavy (non-hydrogen) atoms. The van der Waals surface area contributed by atoms with Gasteiger partial charge in [-0.25, -0.2) is 9.97 Å². The fourth-order valence-corrected chi connectivity index (χ4v) is 5.25. The van der Waals surface area contributed by atoms with Crippen LogP contribution in [-0.2, 0) is 24.2 Å². The van der Waals surface area contributed by atoms with Gasteiger partial charge in [-0.1, -0.05) is 5.16 Å². The van der Waals surface area contributed by atoms with E-state index in [0.29, 0.717) is 43.5 Å². The van der Waals surface area contributed by atoms with Crippen molar-refractivity contribution in [1.29, 1.82) is 0 Å². The lowest BCUT2D eigenvalue weighted by Gasteiger charge is -2.27. The Balaban J connectivity index is 1.26. The molecular formula is C18H16N6O2S2. The van der Waals surface area contributed by atoms with Gasteiger partial charge in [-0.3, -0.25) is 4.79 Å². The second kappa shape index (κ2) is 6.95. The molecule has 2 N–H and O–H groups in total. The van der Waals surface area contributed by atoms with Crippen molar-refractivity contribution >= 4 is 44.6 Å².